The minimum Gasteiger partial charge on any atom is -0.309 e. The summed E-state index contributed by atoms with van der Waals surface area (Å²) in [5.41, 5.74) is 32.3. The molecule has 12 aromatic rings. The van der Waals surface area contributed by atoms with Crippen LogP contribution in [0.25, 0.3) is 55.6 Å². The minimum absolute atomic E-state index is 0.0318. The first-order chi connectivity index (χ1) is 47.8. The third-order valence-corrected chi connectivity index (χ3v) is 21.4. The Labute approximate surface area is 610 Å². The second-order valence-corrected chi connectivity index (χ2v) is 35.3. The van der Waals surface area contributed by atoms with E-state index in [9.17, 15) is 0 Å². The molecule has 510 valence electrons. The molecule has 13 rings (SSSR count). The zero-order valence-electron chi connectivity index (χ0n) is 63.1. The Bertz CT molecular complexity index is 4770. The SMILES string of the molecule is CC(C)(C)c1ccc(-c2cccc(-c3ccc(C(C)(C)C)cc3)c2C(c2cccc(Cl)c2)c2cc(C3c4ccccc4Cc4ccccc43)cc(N(c3cccc(-c4cc(C(C)(C)C)cc(C(C)(C)C)c4)c3)c3c(-c4ccc(C(C)(C)C)cc4)cccc3-c3ccc(C(C)(C)C)cc3)c2)cc1. The van der Waals surface area contributed by atoms with Gasteiger partial charge in [0.15, 0.2) is 0 Å². The topological polar surface area (TPSA) is 3.24 Å². The number of anilines is 3. The predicted molar refractivity (Wildman–Crippen MR) is 436 cm³/mol. The lowest BCUT2D eigenvalue weighted by atomic mass is 9.72. The van der Waals surface area contributed by atoms with Crippen LogP contribution in [0.4, 0.5) is 17.1 Å². The lowest BCUT2D eigenvalue weighted by molar-refractivity contribution is 0.569. The van der Waals surface area contributed by atoms with Gasteiger partial charge < -0.3 is 4.90 Å². The van der Waals surface area contributed by atoms with Gasteiger partial charge in [-0.05, 0) is 198 Å². The van der Waals surface area contributed by atoms with Crippen molar-refractivity contribution < 1.29 is 0 Å². The third kappa shape index (κ3) is 14.7. The summed E-state index contributed by atoms with van der Waals surface area (Å²) in [7, 11) is 0. The standard InChI is InChI=1S/C99H102ClN/c1-94(2,3)75-47-39-64(40-48-75)84-35-25-36-85(65-41-49-76(50-42-65)95(4,5)6)92(84)90(71-30-23-31-81(100)59-71)73-56-74(91-86-33-21-19-27-69(86)55-70-28-20-22-34-87(70)91)62-83(61-73)101(82-32-24-29-68(60-82)72-57-79(98(13,14)15)63-80(58-72)99(16,17)18)93-88(66-43-51-77(52-44-66)96(7,8)9)37-26-38-89(93)67-45-53-78(54-46-67)97(10,11)12/h19-54,56-63,90-91H,55H2,1-18H3. The molecule has 0 spiro atoms. The van der Waals surface area contributed by atoms with E-state index in [4.69, 9.17) is 11.6 Å². The summed E-state index contributed by atoms with van der Waals surface area (Å²) < 4.78 is 0. The molecule has 0 aromatic heterocycles. The molecule has 0 heterocycles. The number of nitrogens with zero attached hydrogens (tertiary/aromatic N) is 1. The van der Waals surface area contributed by atoms with Gasteiger partial charge in [-0.25, -0.2) is 0 Å². The molecule has 0 bridgehead atoms. The molecule has 1 aliphatic rings. The van der Waals surface area contributed by atoms with E-state index in [2.05, 4.69) is 390 Å². The Morgan fingerprint density at radius 3 is 1.12 bits per heavy atom. The molecule has 0 saturated heterocycles. The van der Waals surface area contributed by atoms with Crippen LogP contribution in [0.2, 0.25) is 5.02 Å². The van der Waals surface area contributed by atoms with Crippen molar-refractivity contribution >= 4 is 28.7 Å². The maximum absolute atomic E-state index is 7.45. The van der Waals surface area contributed by atoms with Crippen LogP contribution >= 0.6 is 11.6 Å². The Balaban J connectivity index is 1.20. The van der Waals surface area contributed by atoms with Crippen molar-refractivity contribution in [3.8, 4) is 55.6 Å². The monoisotopic (exact) mass is 1340 g/mol. The van der Waals surface area contributed by atoms with Crippen LogP contribution in [0.15, 0.2) is 267 Å². The Kier molecular flexibility index (Phi) is 18.7. The summed E-state index contributed by atoms with van der Waals surface area (Å²) in [6.07, 6.45) is 0.865. The van der Waals surface area contributed by atoms with E-state index in [-0.39, 0.29) is 44.3 Å². The highest BCUT2D eigenvalue weighted by molar-refractivity contribution is 6.30. The zero-order chi connectivity index (χ0) is 71.7. The molecule has 0 fully saturated rings. The van der Waals surface area contributed by atoms with Gasteiger partial charge in [0, 0.05) is 39.4 Å². The average molecular weight is 1340 g/mol. The molecular formula is C99H102ClN. The molecule has 0 radical (unpaired) electrons. The van der Waals surface area contributed by atoms with Crippen molar-refractivity contribution in [2.45, 2.75) is 175 Å². The first kappa shape index (κ1) is 70.2. The summed E-state index contributed by atoms with van der Waals surface area (Å²) in [6, 6.07) is 103. The Hall–Kier alpha value is -9.27. The number of hydrogen-bond donors (Lipinski definition) is 0. The molecule has 101 heavy (non-hydrogen) atoms. The number of para-hydroxylation sites is 1. The van der Waals surface area contributed by atoms with Gasteiger partial charge in [0.25, 0.3) is 0 Å². The van der Waals surface area contributed by atoms with E-state index >= 15 is 0 Å². The van der Waals surface area contributed by atoms with Crippen molar-refractivity contribution in [3.63, 3.8) is 0 Å². The van der Waals surface area contributed by atoms with Crippen LogP contribution in [-0.2, 0) is 38.9 Å². The molecule has 1 aliphatic carbocycles. The lowest BCUT2D eigenvalue weighted by Crippen LogP contribution is -2.18. The van der Waals surface area contributed by atoms with E-state index < -0.39 is 0 Å². The van der Waals surface area contributed by atoms with Crippen molar-refractivity contribution in [1.29, 1.82) is 0 Å². The molecule has 0 amide bonds. The van der Waals surface area contributed by atoms with E-state index in [1.165, 1.54) is 83.5 Å². The molecule has 0 N–H and O–H groups in total. The fraction of sp³-hybridized carbons (Fsp3) is 0.273. The van der Waals surface area contributed by atoms with Crippen molar-refractivity contribution in [2.24, 2.45) is 0 Å². The van der Waals surface area contributed by atoms with Crippen LogP contribution in [0.1, 0.15) is 214 Å². The number of benzene rings is 12. The van der Waals surface area contributed by atoms with E-state index in [1.54, 1.807) is 0 Å². The summed E-state index contributed by atoms with van der Waals surface area (Å²) in [5, 5.41) is 0.694. The van der Waals surface area contributed by atoms with Crippen LogP contribution in [-0.4, -0.2) is 0 Å². The van der Waals surface area contributed by atoms with Crippen LogP contribution in [0.3, 0.4) is 0 Å². The van der Waals surface area contributed by atoms with Crippen LogP contribution in [0, 0.1) is 0 Å². The molecule has 2 heteroatoms. The predicted octanol–water partition coefficient (Wildman–Crippen LogP) is 28.2. The normalized spacial score (nSPS) is 13.4. The van der Waals surface area contributed by atoms with Gasteiger partial charge in [-0.3, -0.25) is 0 Å². The van der Waals surface area contributed by atoms with Gasteiger partial charge in [0.1, 0.15) is 0 Å². The van der Waals surface area contributed by atoms with Gasteiger partial charge in [-0.1, -0.05) is 367 Å². The first-order valence-corrected chi connectivity index (χ1v) is 37.0. The largest absolute Gasteiger partial charge is 0.309 e. The summed E-state index contributed by atoms with van der Waals surface area (Å²) in [6.45, 7) is 41.7. The quantitative estimate of drug-likeness (QED) is 0.110. The highest BCUT2D eigenvalue weighted by atomic mass is 35.5. The second kappa shape index (κ2) is 26.9. The lowest BCUT2D eigenvalue weighted by Gasteiger charge is -2.35. The molecular weight excluding hydrogens is 1240 g/mol. The summed E-state index contributed by atoms with van der Waals surface area (Å²) in [5.74, 6) is -0.473. The van der Waals surface area contributed by atoms with Crippen molar-refractivity contribution in [1.82, 2.24) is 0 Å². The molecule has 0 aliphatic heterocycles. The second-order valence-electron chi connectivity index (χ2n) is 34.8. The summed E-state index contributed by atoms with van der Waals surface area (Å²) >= 11 is 7.45. The Morgan fingerprint density at radius 1 is 0.297 bits per heavy atom. The van der Waals surface area contributed by atoms with E-state index in [1.807, 2.05) is 6.07 Å². The number of halogens is 1. The van der Waals surface area contributed by atoms with Gasteiger partial charge in [-0.15, -0.1) is 0 Å². The maximum Gasteiger partial charge on any atom is 0.0618 e. The van der Waals surface area contributed by atoms with E-state index in [0.29, 0.717) is 5.02 Å². The van der Waals surface area contributed by atoms with Crippen LogP contribution < -0.4 is 4.90 Å². The zero-order valence-corrected chi connectivity index (χ0v) is 63.8. The minimum atomic E-state index is -0.356. The molecule has 0 saturated carbocycles. The highest BCUT2D eigenvalue weighted by Crippen LogP contribution is 2.53. The smallest absolute Gasteiger partial charge is 0.0618 e. The first-order valence-electron chi connectivity index (χ1n) is 36.6. The fourth-order valence-electron chi connectivity index (χ4n) is 15.1. The van der Waals surface area contributed by atoms with Gasteiger partial charge in [0.05, 0.1) is 5.69 Å². The van der Waals surface area contributed by atoms with Gasteiger partial charge in [-0.2, -0.15) is 0 Å². The van der Waals surface area contributed by atoms with Crippen molar-refractivity contribution in [2.75, 3.05) is 4.90 Å². The fourth-order valence-corrected chi connectivity index (χ4v) is 15.3. The van der Waals surface area contributed by atoms with Crippen molar-refractivity contribution in [3.05, 3.63) is 350 Å². The highest BCUT2D eigenvalue weighted by Gasteiger charge is 2.34. The number of rotatable bonds is 12. The van der Waals surface area contributed by atoms with Gasteiger partial charge >= 0.3 is 0 Å². The van der Waals surface area contributed by atoms with Gasteiger partial charge in [0.2, 0.25) is 0 Å². The molecule has 1 atom stereocenters. The number of fused-ring (bicyclic) bond motifs is 2. The number of hydrogen-bond acceptors (Lipinski definition) is 1. The molecule has 12 aromatic carbocycles. The Morgan fingerprint density at radius 2 is 0.693 bits per heavy atom. The average Bonchev–Trinajstić information content (AvgIpc) is 0.738. The molecule has 1 unspecified atom stereocenters. The van der Waals surface area contributed by atoms with Crippen LogP contribution in [0.5, 0.6) is 0 Å². The maximum atomic E-state index is 7.45. The third-order valence-electron chi connectivity index (χ3n) is 21.2. The van der Waals surface area contributed by atoms with E-state index in [0.717, 1.165) is 73.6 Å². The molecule has 1 nitrogen and oxygen atoms in total. The summed E-state index contributed by atoms with van der Waals surface area (Å²) in [4.78, 5) is 2.65.